The standard InChI is InChI=1S/C28H21F3N6O2S2/c1-16(2)24-26(33-15-41-24)37-23(38)14-40-27(37)35-34-12-17-3-8-21-19(11-17)9-10-36-22(13-32-25(21)36)18-4-6-20(7-5-18)39-28(29,30)31/h3-13,15-16H,14H2,1-2H3/b34-12-,35-27-. The molecule has 6 rings (SSSR count). The number of anilines is 1. The van der Waals surface area contributed by atoms with Crippen molar-refractivity contribution in [3.8, 4) is 17.0 Å². The number of amidine groups is 1. The van der Waals surface area contributed by atoms with E-state index in [0.29, 0.717) is 22.2 Å². The lowest BCUT2D eigenvalue weighted by molar-refractivity contribution is -0.274. The number of hydrogen-bond acceptors (Lipinski definition) is 8. The Kier molecular flexibility index (Phi) is 6.99. The smallest absolute Gasteiger partial charge is 0.406 e. The van der Waals surface area contributed by atoms with Crippen LogP contribution in [0.1, 0.15) is 30.2 Å². The monoisotopic (exact) mass is 594 g/mol. The predicted octanol–water partition coefficient (Wildman–Crippen LogP) is 7.10. The van der Waals surface area contributed by atoms with E-state index in [1.165, 1.54) is 40.1 Å². The molecular weight excluding hydrogens is 573 g/mol. The SMILES string of the molecule is CC(C)c1scnc1N1C(=O)CS/C1=N\N=C/c1ccc2c(ccn3c(-c4ccc(OC(F)(F)F)cc4)cnc23)c1. The summed E-state index contributed by atoms with van der Waals surface area (Å²) >= 11 is 2.85. The number of rotatable bonds is 6. The van der Waals surface area contributed by atoms with E-state index in [2.05, 4.69) is 38.8 Å². The second-order valence-electron chi connectivity index (χ2n) is 9.41. The van der Waals surface area contributed by atoms with Gasteiger partial charge in [0.1, 0.15) is 11.4 Å². The number of thiazole rings is 1. The lowest BCUT2D eigenvalue weighted by Crippen LogP contribution is -2.30. The van der Waals surface area contributed by atoms with Crippen LogP contribution in [0.3, 0.4) is 0 Å². The number of amides is 1. The molecule has 8 nitrogen and oxygen atoms in total. The van der Waals surface area contributed by atoms with Gasteiger partial charge in [0.25, 0.3) is 0 Å². The van der Waals surface area contributed by atoms with E-state index >= 15 is 0 Å². The first-order valence-corrected chi connectivity index (χ1v) is 14.3. The number of carbonyl (C=O) groups excluding carboxylic acids is 1. The van der Waals surface area contributed by atoms with Crippen molar-refractivity contribution in [2.45, 2.75) is 26.1 Å². The van der Waals surface area contributed by atoms with Gasteiger partial charge in [0.15, 0.2) is 11.0 Å². The van der Waals surface area contributed by atoms with Gasteiger partial charge in [-0.3, -0.25) is 9.20 Å². The van der Waals surface area contributed by atoms with Gasteiger partial charge in [0.2, 0.25) is 5.91 Å². The average molecular weight is 595 g/mol. The Morgan fingerprint density at radius 1 is 1.10 bits per heavy atom. The number of ether oxygens (including phenoxy) is 1. The van der Waals surface area contributed by atoms with E-state index in [-0.39, 0.29) is 23.3 Å². The summed E-state index contributed by atoms with van der Waals surface area (Å²) in [6, 6.07) is 13.4. The minimum Gasteiger partial charge on any atom is -0.406 e. The topological polar surface area (TPSA) is 84.5 Å². The summed E-state index contributed by atoms with van der Waals surface area (Å²) in [6.45, 7) is 4.12. The van der Waals surface area contributed by atoms with Gasteiger partial charge >= 0.3 is 6.36 Å². The fourth-order valence-corrected chi connectivity index (χ4v) is 6.10. The highest BCUT2D eigenvalue weighted by molar-refractivity contribution is 8.15. The third-order valence-corrected chi connectivity index (χ3v) is 8.36. The molecular formula is C28H21F3N6O2S2. The van der Waals surface area contributed by atoms with E-state index in [4.69, 9.17) is 0 Å². The number of carbonyl (C=O) groups is 1. The quantitative estimate of drug-likeness (QED) is 0.155. The zero-order valence-electron chi connectivity index (χ0n) is 21.7. The molecule has 1 saturated heterocycles. The minimum atomic E-state index is -4.74. The van der Waals surface area contributed by atoms with Crippen molar-refractivity contribution in [2.24, 2.45) is 10.2 Å². The number of pyridine rings is 1. The third-order valence-electron chi connectivity index (χ3n) is 6.33. The Labute approximate surface area is 240 Å². The normalized spacial score (nSPS) is 15.4. The maximum Gasteiger partial charge on any atom is 0.573 e. The number of hydrogen-bond donors (Lipinski definition) is 0. The van der Waals surface area contributed by atoms with Gasteiger partial charge in [0.05, 0.1) is 34.2 Å². The fourth-order valence-electron chi connectivity index (χ4n) is 4.51. The van der Waals surface area contributed by atoms with Crippen molar-refractivity contribution in [3.63, 3.8) is 0 Å². The van der Waals surface area contributed by atoms with E-state index in [0.717, 1.165) is 26.9 Å². The van der Waals surface area contributed by atoms with Crippen molar-refractivity contribution >= 4 is 62.6 Å². The second-order valence-corrected chi connectivity index (χ2v) is 11.2. The second kappa shape index (κ2) is 10.6. The van der Waals surface area contributed by atoms with E-state index < -0.39 is 6.36 Å². The van der Waals surface area contributed by atoms with Gasteiger partial charge in [-0.1, -0.05) is 31.7 Å². The summed E-state index contributed by atoms with van der Waals surface area (Å²) in [5, 5.41) is 10.9. The van der Waals surface area contributed by atoms with Gasteiger partial charge in [-0.25, -0.2) is 14.9 Å². The maximum atomic E-state index is 12.6. The first-order chi connectivity index (χ1) is 19.7. The lowest BCUT2D eigenvalue weighted by atomic mass is 10.1. The van der Waals surface area contributed by atoms with Crippen LogP contribution in [0.2, 0.25) is 0 Å². The van der Waals surface area contributed by atoms with Crippen molar-refractivity contribution in [2.75, 3.05) is 10.7 Å². The zero-order chi connectivity index (χ0) is 28.7. The Morgan fingerprint density at radius 3 is 2.66 bits per heavy atom. The van der Waals surface area contributed by atoms with Gasteiger partial charge in [-0.05, 0) is 59.3 Å². The van der Waals surface area contributed by atoms with E-state index in [9.17, 15) is 18.0 Å². The summed E-state index contributed by atoms with van der Waals surface area (Å²) in [7, 11) is 0. The van der Waals surface area contributed by atoms with Gasteiger partial charge in [-0.2, -0.15) is 5.10 Å². The molecule has 0 aliphatic carbocycles. The summed E-state index contributed by atoms with van der Waals surface area (Å²) in [6.07, 6.45) is 0.428. The highest BCUT2D eigenvalue weighted by Crippen LogP contribution is 2.35. The van der Waals surface area contributed by atoms with Crippen molar-refractivity contribution in [1.29, 1.82) is 0 Å². The summed E-state index contributed by atoms with van der Waals surface area (Å²) in [5.41, 5.74) is 4.69. The predicted molar refractivity (Wildman–Crippen MR) is 156 cm³/mol. The molecule has 0 atom stereocenters. The number of halogens is 3. The molecule has 13 heteroatoms. The number of benzene rings is 2. The largest absolute Gasteiger partial charge is 0.573 e. The third kappa shape index (κ3) is 5.42. The Hall–Kier alpha value is -4.23. The fraction of sp³-hybridized carbons (Fsp3) is 0.179. The minimum absolute atomic E-state index is 0.0730. The summed E-state index contributed by atoms with van der Waals surface area (Å²) in [5.74, 6) is 0.778. The molecule has 0 bridgehead atoms. The Bertz CT molecular complexity index is 1830. The first kappa shape index (κ1) is 27.0. The van der Waals surface area contributed by atoms with Gasteiger partial charge in [-0.15, -0.1) is 29.6 Å². The molecule has 0 spiro atoms. The first-order valence-electron chi connectivity index (χ1n) is 12.4. The van der Waals surface area contributed by atoms with Crippen LogP contribution in [0.15, 0.2) is 76.6 Å². The molecule has 1 amide bonds. The summed E-state index contributed by atoms with van der Waals surface area (Å²) < 4.78 is 43.3. The maximum absolute atomic E-state index is 12.6. The zero-order valence-corrected chi connectivity index (χ0v) is 23.3. The van der Waals surface area contributed by atoms with E-state index in [1.54, 1.807) is 30.1 Å². The molecule has 208 valence electrons. The van der Waals surface area contributed by atoms with Crippen molar-refractivity contribution in [1.82, 2.24) is 14.4 Å². The average Bonchev–Trinajstić information content (AvgIpc) is 3.66. The number of thioether (sulfide) groups is 1. The van der Waals surface area contributed by atoms with Crippen molar-refractivity contribution < 1.29 is 22.7 Å². The number of fused-ring (bicyclic) bond motifs is 3. The molecule has 0 N–H and O–H groups in total. The molecule has 5 aromatic rings. The van der Waals surface area contributed by atoms with Crippen LogP contribution in [0, 0.1) is 0 Å². The molecule has 1 aliphatic heterocycles. The molecule has 4 heterocycles. The van der Waals surface area contributed by atoms with Crippen LogP contribution >= 0.6 is 23.1 Å². The number of alkyl halides is 3. The van der Waals surface area contributed by atoms with Gasteiger partial charge in [0, 0.05) is 17.1 Å². The number of aromatic nitrogens is 3. The van der Waals surface area contributed by atoms with Crippen LogP contribution in [0.4, 0.5) is 19.0 Å². The molecule has 1 aliphatic rings. The Morgan fingerprint density at radius 2 is 1.90 bits per heavy atom. The number of nitrogens with zero attached hydrogens (tertiary/aromatic N) is 6. The lowest BCUT2D eigenvalue weighted by Gasteiger charge is -2.15. The highest BCUT2D eigenvalue weighted by Gasteiger charge is 2.34. The molecule has 41 heavy (non-hydrogen) atoms. The van der Waals surface area contributed by atoms with Crippen molar-refractivity contribution in [3.05, 3.63) is 76.9 Å². The Balaban J connectivity index is 1.25. The molecule has 0 unspecified atom stereocenters. The number of imidazole rings is 1. The molecule has 0 radical (unpaired) electrons. The molecule has 2 aromatic carbocycles. The van der Waals surface area contributed by atoms with E-state index in [1.807, 2.05) is 34.9 Å². The van der Waals surface area contributed by atoms with Crippen LogP contribution in [0.25, 0.3) is 27.7 Å². The van der Waals surface area contributed by atoms with Crippen LogP contribution in [-0.2, 0) is 4.79 Å². The van der Waals surface area contributed by atoms with Crippen LogP contribution in [-0.4, -0.2) is 43.8 Å². The molecule has 3 aromatic heterocycles. The summed E-state index contributed by atoms with van der Waals surface area (Å²) in [4.78, 5) is 24.1. The molecule has 1 fully saturated rings. The molecule has 0 saturated carbocycles. The van der Waals surface area contributed by atoms with Crippen LogP contribution in [0.5, 0.6) is 5.75 Å². The van der Waals surface area contributed by atoms with Gasteiger partial charge < -0.3 is 4.74 Å². The van der Waals surface area contributed by atoms with Crippen LogP contribution < -0.4 is 9.64 Å². The highest BCUT2D eigenvalue weighted by atomic mass is 32.2.